The van der Waals surface area contributed by atoms with Crippen molar-refractivity contribution in [3.05, 3.63) is 33.4 Å². The highest BCUT2D eigenvalue weighted by Crippen LogP contribution is 2.37. The van der Waals surface area contributed by atoms with Crippen molar-refractivity contribution in [3.8, 4) is 0 Å². The second kappa shape index (κ2) is 15.9. The summed E-state index contributed by atoms with van der Waals surface area (Å²) in [5.41, 5.74) is 2.63. The van der Waals surface area contributed by atoms with E-state index >= 15 is 0 Å². The van der Waals surface area contributed by atoms with Crippen molar-refractivity contribution < 1.29 is 34.2 Å². The van der Waals surface area contributed by atoms with Crippen molar-refractivity contribution in [1.29, 1.82) is 0 Å². The highest BCUT2D eigenvalue weighted by molar-refractivity contribution is 8.14. The van der Waals surface area contributed by atoms with Gasteiger partial charge in [0.15, 0.2) is 15.9 Å². The van der Waals surface area contributed by atoms with Gasteiger partial charge in [0.25, 0.3) is 5.24 Å². The molecule has 1 aromatic heterocycles. The summed E-state index contributed by atoms with van der Waals surface area (Å²) in [6.07, 6.45) is 11.0. The molecule has 0 unspecified atom stereocenters. The topological polar surface area (TPSA) is 142 Å². The minimum atomic E-state index is -0.991. The molecular formula is C29H38N2O7S2. The molecule has 1 heterocycles. The summed E-state index contributed by atoms with van der Waals surface area (Å²) in [7, 11) is 1.60. The zero-order valence-corrected chi connectivity index (χ0v) is 24.7. The Bertz CT molecular complexity index is 1180. The fourth-order valence-electron chi connectivity index (χ4n) is 5.14. The number of unbranched alkanes of at least 4 members (excludes halogenated alkanes) is 7. The predicted molar refractivity (Wildman–Crippen MR) is 154 cm³/mol. The number of allylic oxidation sites excluding steroid dienone is 3. The van der Waals surface area contributed by atoms with Crippen LogP contribution in [-0.2, 0) is 25.6 Å². The average molecular weight is 591 g/mol. The van der Waals surface area contributed by atoms with Gasteiger partial charge in [-0.1, -0.05) is 38.5 Å². The molecule has 0 saturated heterocycles. The lowest BCUT2D eigenvalue weighted by molar-refractivity contribution is -0.137. The first-order valence-electron chi connectivity index (χ1n) is 14.0. The number of aromatic nitrogens is 1. The number of likely N-dealkylation sites (N-methyl/N-ethyl adjacent to an activating group) is 1. The number of amides is 1. The zero-order valence-electron chi connectivity index (χ0n) is 23.0. The zero-order chi connectivity index (χ0) is 29.1. The number of thioether (sulfide) groups is 1. The number of carbonyl (C=O) groups is 5. The fraction of sp³-hybridized carbons (Fsp3) is 0.586. The van der Waals surface area contributed by atoms with Crippen molar-refractivity contribution >= 4 is 51.8 Å². The highest BCUT2D eigenvalue weighted by atomic mass is 32.2. The van der Waals surface area contributed by atoms with Crippen LogP contribution in [0.3, 0.4) is 0 Å². The lowest BCUT2D eigenvalue weighted by Crippen LogP contribution is -2.33. The van der Waals surface area contributed by atoms with E-state index in [9.17, 15) is 24.0 Å². The standard InChI is InChI=1S/C29H38N2O7S2/c1-31(29(38)40-28-30-19(18-39-28)16-25(34)35)17-23-22(26(36)20-13-10-11-14-21(20)27(23)37)12-8-6-4-2-3-5-7-9-15-24(32)33/h18H,2-17H2,1H3,(H,32,33)(H,34,35). The Morgan fingerprint density at radius 3 is 2.05 bits per heavy atom. The second-order valence-electron chi connectivity index (χ2n) is 10.4. The summed E-state index contributed by atoms with van der Waals surface area (Å²) in [6, 6.07) is 0. The number of aliphatic carboxylic acids is 2. The van der Waals surface area contributed by atoms with Crippen LogP contribution in [0.1, 0.15) is 95.6 Å². The van der Waals surface area contributed by atoms with Crippen LogP contribution in [-0.4, -0.2) is 62.4 Å². The Morgan fingerprint density at radius 1 is 0.875 bits per heavy atom. The number of nitrogens with zero attached hydrogens (tertiary/aromatic N) is 2. The molecule has 3 rings (SSSR count). The molecule has 0 spiro atoms. The SMILES string of the molecule is CN(CC1=C(CCCCCCCCCCC(=O)O)C(=O)C2=C(CCCC2)C1=O)C(=O)Sc1nc(CC(=O)O)cs1. The summed E-state index contributed by atoms with van der Waals surface area (Å²) in [5, 5.41) is 18.9. The van der Waals surface area contributed by atoms with Gasteiger partial charge in [0.05, 0.1) is 18.7 Å². The first kappa shape index (κ1) is 31.7. The van der Waals surface area contributed by atoms with Gasteiger partial charge in [-0.3, -0.25) is 24.0 Å². The molecule has 1 aromatic rings. The Morgan fingerprint density at radius 2 is 1.45 bits per heavy atom. The lowest BCUT2D eigenvalue weighted by Gasteiger charge is -2.29. The van der Waals surface area contributed by atoms with E-state index in [4.69, 9.17) is 10.2 Å². The van der Waals surface area contributed by atoms with Crippen molar-refractivity contribution in [2.45, 2.75) is 101 Å². The van der Waals surface area contributed by atoms with Gasteiger partial charge in [-0.25, -0.2) is 4.98 Å². The molecule has 0 aliphatic heterocycles. The van der Waals surface area contributed by atoms with E-state index < -0.39 is 11.9 Å². The Hall–Kier alpha value is -2.79. The van der Waals surface area contributed by atoms with Gasteiger partial charge in [-0.2, -0.15) is 0 Å². The third-order valence-corrected chi connectivity index (χ3v) is 9.21. The summed E-state index contributed by atoms with van der Waals surface area (Å²) >= 11 is 2.09. The molecule has 11 heteroatoms. The molecule has 1 amide bonds. The van der Waals surface area contributed by atoms with Crippen LogP contribution in [0.5, 0.6) is 0 Å². The molecule has 2 N–H and O–H groups in total. The number of carboxylic acids is 2. The van der Waals surface area contributed by atoms with E-state index in [2.05, 4.69) is 4.98 Å². The van der Waals surface area contributed by atoms with Crippen LogP contribution in [0.25, 0.3) is 0 Å². The van der Waals surface area contributed by atoms with E-state index in [0.717, 1.165) is 69.5 Å². The Balaban J connectivity index is 1.58. The highest BCUT2D eigenvalue weighted by Gasteiger charge is 2.35. The first-order valence-corrected chi connectivity index (χ1v) is 15.7. The predicted octanol–water partition coefficient (Wildman–Crippen LogP) is 6.22. The van der Waals surface area contributed by atoms with Crippen molar-refractivity contribution in [2.24, 2.45) is 0 Å². The van der Waals surface area contributed by atoms with E-state index in [1.165, 1.54) is 16.2 Å². The summed E-state index contributed by atoms with van der Waals surface area (Å²) < 4.78 is 0.438. The Labute approximate surface area is 243 Å². The smallest absolute Gasteiger partial charge is 0.309 e. The maximum atomic E-state index is 13.5. The maximum Gasteiger partial charge on any atom is 0.309 e. The van der Waals surface area contributed by atoms with E-state index in [0.29, 0.717) is 58.0 Å². The lowest BCUT2D eigenvalue weighted by atomic mass is 9.76. The van der Waals surface area contributed by atoms with Gasteiger partial charge in [-0.15, -0.1) is 11.3 Å². The van der Waals surface area contributed by atoms with Crippen molar-refractivity contribution in [1.82, 2.24) is 9.88 Å². The molecule has 0 fully saturated rings. The van der Waals surface area contributed by atoms with Gasteiger partial charge < -0.3 is 15.1 Å². The molecule has 218 valence electrons. The summed E-state index contributed by atoms with van der Waals surface area (Å²) in [4.78, 5) is 67.1. The van der Waals surface area contributed by atoms with Gasteiger partial charge >= 0.3 is 11.9 Å². The van der Waals surface area contributed by atoms with E-state index in [-0.39, 0.29) is 36.2 Å². The molecule has 0 bridgehead atoms. The number of carboxylic acid groups (broad SMARTS) is 2. The second-order valence-corrected chi connectivity index (χ2v) is 12.5. The first-order chi connectivity index (χ1) is 19.2. The normalized spacial score (nSPS) is 15.4. The number of thiazole rings is 1. The monoisotopic (exact) mass is 590 g/mol. The van der Waals surface area contributed by atoms with Crippen molar-refractivity contribution in [3.63, 3.8) is 0 Å². The fourth-order valence-corrected chi connectivity index (χ4v) is 6.77. The third kappa shape index (κ3) is 9.40. The van der Waals surface area contributed by atoms with Crippen LogP contribution in [0, 0.1) is 0 Å². The van der Waals surface area contributed by atoms with Gasteiger partial charge in [0.2, 0.25) is 0 Å². The van der Waals surface area contributed by atoms with Crippen LogP contribution >= 0.6 is 23.1 Å². The van der Waals surface area contributed by atoms with Gasteiger partial charge in [0.1, 0.15) is 0 Å². The third-order valence-electron chi connectivity index (χ3n) is 7.24. The molecule has 0 radical (unpaired) electrons. The van der Waals surface area contributed by atoms with E-state index in [1.807, 2.05) is 0 Å². The molecular weight excluding hydrogens is 552 g/mol. The number of hydrogen-bond acceptors (Lipinski definition) is 8. The van der Waals surface area contributed by atoms with Crippen LogP contribution in [0.15, 0.2) is 32.0 Å². The number of carbonyl (C=O) groups excluding carboxylic acids is 3. The number of rotatable bonds is 16. The average Bonchev–Trinajstić information content (AvgIpc) is 3.34. The number of ketones is 2. The summed E-state index contributed by atoms with van der Waals surface area (Å²) in [5.74, 6) is -1.88. The van der Waals surface area contributed by atoms with Crippen molar-refractivity contribution in [2.75, 3.05) is 13.6 Å². The molecule has 2 aliphatic carbocycles. The Kier molecular flexibility index (Phi) is 12.6. The van der Waals surface area contributed by atoms with Crippen LogP contribution in [0.4, 0.5) is 4.79 Å². The van der Waals surface area contributed by atoms with Gasteiger partial charge in [-0.05, 0) is 44.9 Å². The molecule has 9 nitrogen and oxygen atoms in total. The number of hydrogen-bond donors (Lipinski definition) is 2. The maximum absolute atomic E-state index is 13.5. The minimum Gasteiger partial charge on any atom is -0.481 e. The molecule has 0 saturated carbocycles. The number of Topliss-reactive ketones (excluding diaryl/α,β-unsaturated/α-hetero) is 2. The quantitative estimate of drug-likeness (QED) is 0.130. The molecule has 40 heavy (non-hydrogen) atoms. The molecule has 0 atom stereocenters. The van der Waals surface area contributed by atoms with Gasteiger partial charge in [0, 0.05) is 52.9 Å². The molecule has 0 aromatic carbocycles. The largest absolute Gasteiger partial charge is 0.481 e. The van der Waals surface area contributed by atoms with Crippen LogP contribution < -0.4 is 0 Å². The molecule has 2 aliphatic rings. The minimum absolute atomic E-state index is 0.0329. The summed E-state index contributed by atoms with van der Waals surface area (Å²) in [6.45, 7) is 0.0478. The van der Waals surface area contributed by atoms with E-state index in [1.54, 1.807) is 12.4 Å². The van der Waals surface area contributed by atoms with Crippen LogP contribution in [0.2, 0.25) is 0 Å².